The first-order chi connectivity index (χ1) is 4.79. The van der Waals surface area contributed by atoms with E-state index in [1.807, 2.05) is 26.8 Å². The van der Waals surface area contributed by atoms with Gasteiger partial charge < -0.3 is 5.73 Å². The van der Waals surface area contributed by atoms with Crippen LogP contribution in [-0.2, 0) is 0 Å². The molecule has 1 rings (SSSR count). The Labute approximate surface area is 66.6 Å². The van der Waals surface area contributed by atoms with E-state index in [2.05, 4.69) is 4.99 Å². The van der Waals surface area contributed by atoms with Crippen molar-refractivity contribution in [1.29, 1.82) is 0 Å². The number of aliphatic imine (C=N–C) groups is 1. The molecule has 2 N–H and O–H groups in total. The monoisotopic (exact) mass is 158 g/mol. The standard InChI is InChI=1S/C5H8N2S.C2H6/c1-4-2-5(6)8-3-7-4;1-2/h2H,3,6H2,1H3;1-2H3. The molecule has 0 saturated carbocycles. The third-order valence-corrected chi connectivity index (χ3v) is 1.61. The highest BCUT2D eigenvalue weighted by molar-refractivity contribution is 8.03. The first-order valence-electron chi connectivity index (χ1n) is 3.40. The second-order valence-electron chi connectivity index (χ2n) is 1.62. The van der Waals surface area contributed by atoms with Crippen LogP contribution in [0, 0.1) is 0 Å². The van der Waals surface area contributed by atoms with E-state index < -0.39 is 0 Å². The van der Waals surface area contributed by atoms with Gasteiger partial charge in [-0.05, 0) is 13.0 Å². The molecular weight excluding hydrogens is 144 g/mol. The lowest BCUT2D eigenvalue weighted by Crippen LogP contribution is -2.01. The van der Waals surface area contributed by atoms with E-state index in [0.29, 0.717) is 0 Å². The zero-order valence-corrected chi connectivity index (χ0v) is 7.53. The molecule has 0 aliphatic carbocycles. The Kier molecular flexibility index (Phi) is 5.12. The van der Waals surface area contributed by atoms with Crippen molar-refractivity contribution in [3.63, 3.8) is 0 Å². The Morgan fingerprint density at radius 2 is 2.20 bits per heavy atom. The summed E-state index contributed by atoms with van der Waals surface area (Å²) in [6.07, 6.45) is 1.88. The van der Waals surface area contributed by atoms with Crippen molar-refractivity contribution in [3.8, 4) is 0 Å². The first kappa shape index (κ1) is 9.56. The Balaban J connectivity index is 0.000000371. The summed E-state index contributed by atoms with van der Waals surface area (Å²) in [6.45, 7) is 5.95. The lowest BCUT2D eigenvalue weighted by Gasteiger charge is -2.03. The van der Waals surface area contributed by atoms with E-state index in [0.717, 1.165) is 16.6 Å². The summed E-state index contributed by atoms with van der Waals surface area (Å²) in [5, 5.41) is 0.873. The molecule has 10 heavy (non-hydrogen) atoms. The molecule has 0 amide bonds. The van der Waals surface area contributed by atoms with Crippen LogP contribution >= 0.6 is 11.8 Å². The molecular formula is C7H14N2S. The Morgan fingerprint density at radius 3 is 2.50 bits per heavy atom. The molecule has 0 aromatic rings. The van der Waals surface area contributed by atoms with Crippen LogP contribution in [-0.4, -0.2) is 11.6 Å². The number of allylic oxidation sites excluding steroid dienone is 1. The third-order valence-electron chi connectivity index (χ3n) is 0.896. The van der Waals surface area contributed by atoms with E-state index in [1.54, 1.807) is 11.8 Å². The van der Waals surface area contributed by atoms with Crippen LogP contribution in [0.5, 0.6) is 0 Å². The number of nitrogens with zero attached hydrogens (tertiary/aromatic N) is 1. The van der Waals surface area contributed by atoms with Gasteiger partial charge in [0.25, 0.3) is 0 Å². The molecule has 0 aromatic heterocycles. The zero-order chi connectivity index (χ0) is 7.98. The Bertz CT molecular complexity index is 150. The fraction of sp³-hybridized carbons (Fsp3) is 0.571. The predicted molar refractivity (Wildman–Crippen MR) is 49.2 cm³/mol. The quantitative estimate of drug-likeness (QED) is 0.585. The highest BCUT2D eigenvalue weighted by atomic mass is 32.2. The summed E-state index contributed by atoms with van der Waals surface area (Å²) in [7, 11) is 0. The topological polar surface area (TPSA) is 38.4 Å². The van der Waals surface area contributed by atoms with Crippen LogP contribution in [0.1, 0.15) is 20.8 Å². The van der Waals surface area contributed by atoms with Crippen LogP contribution in [0.3, 0.4) is 0 Å². The molecule has 0 atom stereocenters. The Morgan fingerprint density at radius 1 is 1.60 bits per heavy atom. The van der Waals surface area contributed by atoms with Gasteiger partial charge in [-0.15, -0.1) is 0 Å². The first-order valence-corrected chi connectivity index (χ1v) is 4.38. The van der Waals surface area contributed by atoms with E-state index in [4.69, 9.17) is 5.73 Å². The minimum absolute atomic E-state index is 0.786. The number of thioether (sulfide) groups is 1. The number of rotatable bonds is 0. The zero-order valence-electron chi connectivity index (χ0n) is 6.72. The molecule has 1 aliphatic heterocycles. The Hall–Kier alpha value is -0.440. The van der Waals surface area contributed by atoms with Crippen molar-refractivity contribution in [2.75, 3.05) is 5.88 Å². The lowest BCUT2D eigenvalue weighted by atomic mass is 10.4. The summed E-state index contributed by atoms with van der Waals surface area (Å²) < 4.78 is 0. The maximum atomic E-state index is 5.47. The van der Waals surface area contributed by atoms with Crippen molar-refractivity contribution in [2.45, 2.75) is 20.8 Å². The van der Waals surface area contributed by atoms with Crippen molar-refractivity contribution >= 4 is 17.5 Å². The summed E-state index contributed by atoms with van der Waals surface area (Å²) in [5.41, 5.74) is 6.50. The molecule has 0 saturated heterocycles. The van der Waals surface area contributed by atoms with Gasteiger partial charge in [0, 0.05) is 5.71 Å². The van der Waals surface area contributed by atoms with Crippen LogP contribution in [0.15, 0.2) is 16.1 Å². The molecule has 58 valence electrons. The lowest BCUT2D eigenvalue weighted by molar-refractivity contribution is 1.34. The van der Waals surface area contributed by atoms with E-state index in [-0.39, 0.29) is 0 Å². The maximum absolute atomic E-state index is 5.47. The molecule has 0 aromatic carbocycles. The van der Waals surface area contributed by atoms with E-state index >= 15 is 0 Å². The van der Waals surface area contributed by atoms with Crippen molar-refractivity contribution in [2.24, 2.45) is 10.7 Å². The van der Waals surface area contributed by atoms with Gasteiger partial charge in [0.15, 0.2) is 0 Å². The van der Waals surface area contributed by atoms with Gasteiger partial charge in [0.2, 0.25) is 0 Å². The smallest absolute Gasteiger partial charge is 0.0907 e. The highest BCUT2D eigenvalue weighted by Gasteiger charge is 1.97. The summed E-state index contributed by atoms with van der Waals surface area (Å²) in [5.74, 6) is 0.786. The van der Waals surface area contributed by atoms with Crippen LogP contribution in [0.2, 0.25) is 0 Å². The highest BCUT2D eigenvalue weighted by Crippen LogP contribution is 2.13. The maximum Gasteiger partial charge on any atom is 0.0907 e. The molecule has 0 unspecified atom stereocenters. The van der Waals surface area contributed by atoms with Gasteiger partial charge in [-0.25, -0.2) is 0 Å². The van der Waals surface area contributed by atoms with Crippen LogP contribution < -0.4 is 5.73 Å². The second-order valence-corrected chi connectivity index (χ2v) is 2.64. The van der Waals surface area contributed by atoms with Gasteiger partial charge in [-0.1, -0.05) is 25.6 Å². The second kappa shape index (κ2) is 5.35. The SMILES string of the molecule is CC.CC1=NCSC(N)=C1. The molecule has 0 spiro atoms. The van der Waals surface area contributed by atoms with E-state index in [9.17, 15) is 0 Å². The molecule has 2 nitrogen and oxygen atoms in total. The molecule has 1 heterocycles. The molecule has 0 bridgehead atoms. The molecule has 3 heteroatoms. The van der Waals surface area contributed by atoms with Gasteiger partial charge in [0.1, 0.15) is 0 Å². The normalized spacial score (nSPS) is 16.3. The largest absolute Gasteiger partial charge is 0.393 e. The van der Waals surface area contributed by atoms with Crippen molar-refractivity contribution < 1.29 is 0 Å². The van der Waals surface area contributed by atoms with E-state index in [1.165, 1.54) is 0 Å². The van der Waals surface area contributed by atoms with Crippen LogP contribution in [0.4, 0.5) is 0 Å². The van der Waals surface area contributed by atoms with Gasteiger partial charge in [-0.3, -0.25) is 4.99 Å². The average Bonchev–Trinajstić information content (AvgIpc) is 1.91. The van der Waals surface area contributed by atoms with Crippen molar-refractivity contribution in [3.05, 3.63) is 11.1 Å². The molecule has 0 radical (unpaired) electrons. The minimum atomic E-state index is 0.786. The number of hydrogen-bond donors (Lipinski definition) is 1. The molecule has 1 aliphatic rings. The summed E-state index contributed by atoms with van der Waals surface area (Å²) in [6, 6.07) is 0. The van der Waals surface area contributed by atoms with Crippen molar-refractivity contribution in [1.82, 2.24) is 0 Å². The number of hydrogen-bond acceptors (Lipinski definition) is 3. The number of nitrogens with two attached hydrogens (primary N) is 1. The third kappa shape index (κ3) is 3.56. The average molecular weight is 158 g/mol. The van der Waals surface area contributed by atoms with Gasteiger partial charge >= 0.3 is 0 Å². The summed E-state index contributed by atoms with van der Waals surface area (Å²) in [4.78, 5) is 4.10. The van der Waals surface area contributed by atoms with Gasteiger partial charge in [-0.2, -0.15) is 0 Å². The fourth-order valence-corrected chi connectivity index (χ4v) is 1.17. The van der Waals surface area contributed by atoms with Crippen LogP contribution in [0.25, 0.3) is 0 Å². The summed E-state index contributed by atoms with van der Waals surface area (Å²) >= 11 is 1.57. The fourth-order valence-electron chi connectivity index (χ4n) is 0.502. The van der Waals surface area contributed by atoms with Gasteiger partial charge in [0.05, 0.1) is 10.9 Å². The minimum Gasteiger partial charge on any atom is -0.393 e. The predicted octanol–water partition coefficient (Wildman–Crippen LogP) is 1.98. The molecule has 0 fully saturated rings.